The van der Waals surface area contributed by atoms with Gasteiger partial charge < -0.3 is 5.32 Å². The first-order valence-electron chi connectivity index (χ1n) is 7.87. The predicted octanol–water partition coefficient (Wildman–Crippen LogP) is 3.45. The maximum Gasteiger partial charge on any atom is 0.0542 e. The largest absolute Gasteiger partial charge is 0.306 e. The molecule has 0 aliphatic heterocycles. The zero-order valence-electron chi connectivity index (χ0n) is 11.9. The summed E-state index contributed by atoms with van der Waals surface area (Å²) in [6, 6.07) is 4.34. The number of nitrogens with one attached hydrogen (secondary N) is 1. The van der Waals surface area contributed by atoms with Crippen LogP contribution in [0.3, 0.4) is 0 Å². The first-order valence-corrected chi connectivity index (χ1v) is 7.87. The summed E-state index contributed by atoms with van der Waals surface area (Å²) < 4.78 is 0. The molecule has 4 aliphatic carbocycles. The van der Waals surface area contributed by atoms with Gasteiger partial charge in [-0.1, -0.05) is 6.07 Å². The Morgan fingerprint density at radius 2 is 1.74 bits per heavy atom. The van der Waals surface area contributed by atoms with Crippen molar-refractivity contribution in [1.82, 2.24) is 10.3 Å². The molecule has 19 heavy (non-hydrogen) atoms. The van der Waals surface area contributed by atoms with Crippen LogP contribution in [0.25, 0.3) is 0 Å². The van der Waals surface area contributed by atoms with Crippen LogP contribution in [0.15, 0.2) is 18.3 Å². The van der Waals surface area contributed by atoms with Crippen LogP contribution >= 0.6 is 0 Å². The summed E-state index contributed by atoms with van der Waals surface area (Å²) in [5, 5.41) is 3.90. The van der Waals surface area contributed by atoms with Gasteiger partial charge in [-0.15, -0.1) is 0 Å². The van der Waals surface area contributed by atoms with Crippen molar-refractivity contribution in [2.45, 2.75) is 57.5 Å². The molecule has 0 amide bonds. The van der Waals surface area contributed by atoms with Gasteiger partial charge in [-0.2, -0.15) is 0 Å². The topological polar surface area (TPSA) is 24.9 Å². The Morgan fingerprint density at radius 1 is 1.11 bits per heavy atom. The molecule has 4 fully saturated rings. The number of hydrogen-bond donors (Lipinski definition) is 1. The summed E-state index contributed by atoms with van der Waals surface area (Å²) in [7, 11) is 0. The summed E-state index contributed by atoms with van der Waals surface area (Å²) >= 11 is 0. The molecule has 4 saturated carbocycles. The highest BCUT2D eigenvalue weighted by Crippen LogP contribution is 2.55. The second-order valence-corrected chi connectivity index (χ2v) is 7.38. The Hall–Kier alpha value is -0.890. The molecule has 1 aromatic rings. The highest BCUT2D eigenvalue weighted by atomic mass is 15.0. The smallest absolute Gasteiger partial charge is 0.0542 e. The Balaban J connectivity index is 1.46. The third-order valence-electron chi connectivity index (χ3n) is 5.66. The Morgan fingerprint density at radius 3 is 2.26 bits per heavy atom. The second-order valence-electron chi connectivity index (χ2n) is 7.38. The molecule has 1 N–H and O–H groups in total. The van der Waals surface area contributed by atoms with Gasteiger partial charge in [-0.25, -0.2) is 0 Å². The van der Waals surface area contributed by atoms with E-state index in [0.717, 1.165) is 24.3 Å². The number of hydrogen-bond acceptors (Lipinski definition) is 2. The second kappa shape index (κ2) is 4.31. The zero-order chi connectivity index (χ0) is 12.9. The maximum atomic E-state index is 4.53. The zero-order valence-corrected chi connectivity index (χ0v) is 11.9. The van der Waals surface area contributed by atoms with E-state index in [1.807, 2.05) is 6.20 Å². The normalized spacial score (nSPS) is 39.7. The summed E-state index contributed by atoms with van der Waals surface area (Å²) in [6.45, 7) is 3.05. The minimum atomic E-state index is 0.460. The van der Waals surface area contributed by atoms with Crippen molar-refractivity contribution in [2.75, 3.05) is 0 Å². The van der Waals surface area contributed by atoms with Gasteiger partial charge in [-0.05, 0) is 74.8 Å². The van der Waals surface area contributed by atoms with Crippen molar-refractivity contribution >= 4 is 0 Å². The molecular formula is C17H24N2. The Labute approximate surface area is 116 Å². The molecule has 4 aliphatic rings. The lowest BCUT2D eigenvalue weighted by Gasteiger charge is -2.57. The van der Waals surface area contributed by atoms with Gasteiger partial charge in [0.15, 0.2) is 0 Å². The van der Waals surface area contributed by atoms with E-state index in [4.69, 9.17) is 0 Å². The van der Waals surface area contributed by atoms with Gasteiger partial charge in [0.25, 0.3) is 0 Å². The highest BCUT2D eigenvalue weighted by Gasteiger charge is 2.50. The third-order valence-corrected chi connectivity index (χ3v) is 5.66. The molecule has 1 heterocycles. The van der Waals surface area contributed by atoms with Crippen LogP contribution in [0.4, 0.5) is 0 Å². The molecule has 5 rings (SSSR count). The van der Waals surface area contributed by atoms with Gasteiger partial charge in [0.2, 0.25) is 0 Å². The van der Waals surface area contributed by atoms with Crippen molar-refractivity contribution in [1.29, 1.82) is 0 Å². The molecule has 0 atom stereocenters. The monoisotopic (exact) mass is 256 g/mol. The average Bonchev–Trinajstić information content (AvgIpc) is 2.36. The van der Waals surface area contributed by atoms with Gasteiger partial charge in [0.1, 0.15) is 0 Å². The van der Waals surface area contributed by atoms with E-state index >= 15 is 0 Å². The molecule has 0 unspecified atom stereocenters. The minimum Gasteiger partial charge on any atom is -0.306 e. The van der Waals surface area contributed by atoms with E-state index in [1.165, 1.54) is 49.8 Å². The van der Waals surface area contributed by atoms with Crippen LogP contribution in [0.5, 0.6) is 0 Å². The number of aryl methyl sites for hydroxylation is 1. The Kier molecular flexibility index (Phi) is 2.70. The summed E-state index contributed by atoms with van der Waals surface area (Å²) in [5.74, 6) is 3.05. The molecule has 0 aromatic carbocycles. The minimum absolute atomic E-state index is 0.460. The summed E-state index contributed by atoms with van der Waals surface area (Å²) in [4.78, 5) is 4.53. The van der Waals surface area contributed by atoms with Crippen LogP contribution in [-0.4, -0.2) is 10.5 Å². The molecule has 1 aromatic heterocycles. The van der Waals surface area contributed by atoms with Crippen molar-refractivity contribution in [2.24, 2.45) is 17.8 Å². The van der Waals surface area contributed by atoms with E-state index in [2.05, 4.69) is 29.4 Å². The third kappa shape index (κ3) is 2.20. The molecule has 0 saturated heterocycles. The van der Waals surface area contributed by atoms with Crippen LogP contribution in [0.2, 0.25) is 0 Å². The predicted molar refractivity (Wildman–Crippen MR) is 76.7 cm³/mol. The van der Waals surface area contributed by atoms with Gasteiger partial charge >= 0.3 is 0 Å². The lowest BCUT2D eigenvalue weighted by molar-refractivity contribution is -0.0207. The quantitative estimate of drug-likeness (QED) is 0.896. The Bertz CT molecular complexity index is 427. The lowest BCUT2D eigenvalue weighted by Crippen LogP contribution is -2.58. The van der Waals surface area contributed by atoms with E-state index in [9.17, 15) is 0 Å². The number of aromatic nitrogens is 1. The molecular weight excluding hydrogens is 232 g/mol. The summed E-state index contributed by atoms with van der Waals surface area (Å²) in [6.07, 6.45) is 10.8. The number of rotatable bonds is 3. The first-order chi connectivity index (χ1) is 9.21. The van der Waals surface area contributed by atoms with E-state index < -0.39 is 0 Å². The fourth-order valence-corrected chi connectivity index (χ4v) is 5.21. The maximum absolute atomic E-state index is 4.53. The summed E-state index contributed by atoms with van der Waals surface area (Å²) in [5.41, 5.74) is 2.90. The van der Waals surface area contributed by atoms with Crippen LogP contribution in [0.1, 0.15) is 49.8 Å². The van der Waals surface area contributed by atoms with E-state index in [1.54, 1.807) is 0 Å². The molecule has 2 nitrogen and oxygen atoms in total. The van der Waals surface area contributed by atoms with Gasteiger partial charge in [0, 0.05) is 18.3 Å². The number of pyridine rings is 1. The van der Waals surface area contributed by atoms with E-state index in [0.29, 0.717) is 5.54 Å². The fraction of sp³-hybridized carbons (Fsp3) is 0.706. The first kappa shape index (κ1) is 11.9. The molecule has 0 radical (unpaired) electrons. The SMILES string of the molecule is Cc1ccc(CNC23CC4CC(CC(C4)C2)C3)nc1. The van der Waals surface area contributed by atoms with Crippen LogP contribution in [0, 0.1) is 24.7 Å². The molecule has 0 spiro atoms. The molecule has 102 valence electrons. The van der Waals surface area contributed by atoms with Crippen LogP contribution < -0.4 is 5.32 Å². The molecule has 4 bridgehead atoms. The van der Waals surface area contributed by atoms with Gasteiger partial charge in [0.05, 0.1) is 5.69 Å². The van der Waals surface area contributed by atoms with Crippen molar-refractivity contribution < 1.29 is 0 Å². The van der Waals surface area contributed by atoms with Crippen molar-refractivity contribution in [3.63, 3.8) is 0 Å². The van der Waals surface area contributed by atoms with Crippen molar-refractivity contribution in [3.8, 4) is 0 Å². The van der Waals surface area contributed by atoms with Gasteiger partial charge in [-0.3, -0.25) is 4.98 Å². The number of nitrogens with zero attached hydrogens (tertiary/aromatic N) is 1. The molecule has 2 heteroatoms. The highest BCUT2D eigenvalue weighted by molar-refractivity contribution is 5.13. The fourth-order valence-electron chi connectivity index (χ4n) is 5.21. The average molecular weight is 256 g/mol. The van der Waals surface area contributed by atoms with Crippen molar-refractivity contribution in [3.05, 3.63) is 29.6 Å². The van der Waals surface area contributed by atoms with E-state index in [-0.39, 0.29) is 0 Å². The van der Waals surface area contributed by atoms with Crippen LogP contribution in [-0.2, 0) is 6.54 Å². The lowest BCUT2D eigenvalue weighted by atomic mass is 9.53. The standard InChI is InChI=1S/C17H24N2/c1-12-2-3-16(18-10-12)11-19-17-7-13-4-14(8-17)6-15(5-13)9-17/h2-3,10,13-15,19H,4-9,11H2,1H3.